The van der Waals surface area contributed by atoms with Gasteiger partial charge in [-0.3, -0.25) is 0 Å². The largest absolute Gasteiger partial charge is 0.339 e. The predicted molar refractivity (Wildman–Crippen MR) is 86.8 cm³/mol. The quantitative estimate of drug-likeness (QED) is 0.745. The third kappa shape index (κ3) is 5.69. The van der Waals surface area contributed by atoms with Gasteiger partial charge in [0, 0.05) is 22.4 Å². The second kappa shape index (κ2) is 8.41. The SMILES string of the molecule is CCCNC(C)Cc1nc(CSc2ccc(Cl)cc2)no1. The van der Waals surface area contributed by atoms with E-state index in [0.717, 1.165) is 35.1 Å². The van der Waals surface area contributed by atoms with Crippen LogP contribution in [0.15, 0.2) is 33.7 Å². The molecule has 1 aromatic heterocycles. The van der Waals surface area contributed by atoms with Gasteiger partial charge >= 0.3 is 0 Å². The van der Waals surface area contributed by atoms with Crippen LogP contribution in [0.25, 0.3) is 0 Å². The number of hydrogen-bond donors (Lipinski definition) is 1. The number of halogens is 1. The van der Waals surface area contributed by atoms with Crippen molar-refractivity contribution in [3.8, 4) is 0 Å². The molecule has 4 nitrogen and oxygen atoms in total. The first kappa shape index (κ1) is 16.3. The molecular weight excluding hydrogens is 306 g/mol. The fourth-order valence-electron chi connectivity index (χ4n) is 1.84. The van der Waals surface area contributed by atoms with Gasteiger partial charge in [0.2, 0.25) is 5.89 Å². The van der Waals surface area contributed by atoms with E-state index in [0.29, 0.717) is 17.7 Å². The Morgan fingerprint density at radius 2 is 2.10 bits per heavy atom. The van der Waals surface area contributed by atoms with Gasteiger partial charge in [0.15, 0.2) is 5.82 Å². The average molecular weight is 326 g/mol. The molecule has 0 saturated heterocycles. The van der Waals surface area contributed by atoms with E-state index in [4.69, 9.17) is 16.1 Å². The Bertz CT molecular complexity index is 544. The van der Waals surface area contributed by atoms with Crippen LogP contribution in [0.3, 0.4) is 0 Å². The minimum atomic E-state index is 0.349. The maximum Gasteiger partial charge on any atom is 0.228 e. The first-order valence-electron chi connectivity index (χ1n) is 7.10. The van der Waals surface area contributed by atoms with Crippen molar-refractivity contribution in [3.05, 3.63) is 41.0 Å². The minimum Gasteiger partial charge on any atom is -0.339 e. The molecular formula is C15H20ClN3OS. The minimum absolute atomic E-state index is 0.349. The molecule has 1 atom stereocenters. The lowest BCUT2D eigenvalue weighted by atomic mass is 10.2. The summed E-state index contributed by atoms with van der Waals surface area (Å²) in [7, 11) is 0. The smallest absolute Gasteiger partial charge is 0.228 e. The highest BCUT2D eigenvalue weighted by molar-refractivity contribution is 7.98. The van der Waals surface area contributed by atoms with Crippen LogP contribution >= 0.6 is 23.4 Å². The van der Waals surface area contributed by atoms with E-state index in [1.807, 2.05) is 24.3 Å². The van der Waals surface area contributed by atoms with E-state index in [1.165, 1.54) is 0 Å². The maximum atomic E-state index is 5.86. The van der Waals surface area contributed by atoms with Gasteiger partial charge in [-0.05, 0) is 44.2 Å². The summed E-state index contributed by atoms with van der Waals surface area (Å²) < 4.78 is 5.29. The van der Waals surface area contributed by atoms with Crippen LogP contribution < -0.4 is 5.32 Å². The Labute approximate surface area is 134 Å². The van der Waals surface area contributed by atoms with Crippen LogP contribution in [0.1, 0.15) is 32.0 Å². The number of benzene rings is 1. The molecule has 1 N–H and O–H groups in total. The fraction of sp³-hybridized carbons (Fsp3) is 0.467. The van der Waals surface area contributed by atoms with Crippen molar-refractivity contribution in [2.75, 3.05) is 6.54 Å². The lowest BCUT2D eigenvalue weighted by molar-refractivity contribution is 0.358. The Kier molecular flexibility index (Phi) is 6.54. The van der Waals surface area contributed by atoms with E-state index >= 15 is 0 Å². The van der Waals surface area contributed by atoms with Crippen molar-refractivity contribution in [2.45, 2.75) is 43.4 Å². The molecule has 1 unspecified atom stereocenters. The zero-order valence-electron chi connectivity index (χ0n) is 12.3. The summed E-state index contributed by atoms with van der Waals surface area (Å²) in [6.45, 7) is 5.29. The van der Waals surface area contributed by atoms with Gasteiger partial charge in [-0.2, -0.15) is 4.98 Å². The second-order valence-corrected chi connectivity index (χ2v) is 6.39. The highest BCUT2D eigenvalue weighted by Crippen LogP contribution is 2.23. The summed E-state index contributed by atoms with van der Waals surface area (Å²) in [6.07, 6.45) is 1.88. The molecule has 0 fully saturated rings. The number of thioether (sulfide) groups is 1. The second-order valence-electron chi connectivity index (χ2n) is 4.91. The molecule has 0 amide bonds. The molecule has 0 saturated carbocycles. The molecule has 0 aliphatic heterocycles. The topological polar surface area (TPSA) is 51.0 Å². The van der Waals surface area contributed by atoms with Crippen molar-refractivity contribution in [1.82, 2.24) is 15.5 Å². The Hall–Kier alpha value is -1.04. The Morgan fingerprint density at radius 3 is 2.81 bits per heavy atom. The highest BCUT2D eigenvalue weighted by Gasteiger charge is 2.10. The molecule has 1 heterocycles. The molecule has 0 bridgehead atoms. The van der Waals surface area contributed by atoms with Crippen LogP contribution in [-0.4, -0.2) is 22.7 Å². The third-order valence-electron chi connectivity index (χ3n) is 2.92. The van der Waals surface area contributed by atoms with Gasteiger partial charge < -0.3 is 9.84 Å². The fourth-order valence-corrected chi connectivity index (χ4v) is 2.70. The van der Waals surface area contributed by atoms with Crippen molar-refractivity contribution < 1.29 is 4.52 Å². The number of aromatic nitrogens is 2. The molecule has 0 aliphatic carbocycles. The lowest BCUT2D eigenvalue weighted by Gasteiger charge is -2.09. The molecule has 0 radical (unpaired) electrons. The molecule has 2 aromatic rings. The van der Waals surface area contributed by atoms with E-state index in [2.05, 4.69) is 29.3 Å². The molecule has 6 heteroatoms. The van der Waals surface area contributed by atoms with Crippen molar-refractivity contribution >= 4 is 23.4 Å². The monoisotopic (exact) mass is 325 g/mol. The zero-order valence-corrected chi connectivity index (χ0v) is 13.9. The summed E-state index contributed by atoms with van der Waals surface area (Å²) in [6, 6.07) is 8.09. The van der Waals surface area contributed by atoms with Crippen LogP contribution in [0.4, 0.5) is 0 Å². The van der Waals surface area contributed by atoms with Crippen LogP contribution in [0.5, 0.6) is 0 Å². The van der Waals surface area contributed by atoms with Crippen LogP contribution in [0, 0.1) is 0 Å². The van der Waals surface area contributed by atoms with Crippen LogP contribution in [-0.2, 0) is 12.2 Å². The van der Waals surface area contributed by atoms with Gasteiger partial charge in [-0.1, -0.05) is 23.7 Å². The summed E-state index contributed by atoms with van der Waals surface area (Å²) >= 11 is 7.53. The summed E-state index contributed by atoms with van der Waals surface area (Å²) in [5.41, 5.74) is 0. The Morgan fingerprint density at radius 1 is 1.33 bits per heavy atom. The van der Waals surface area contributed by atoms with Gasteiger partial charge in [0.25, 0.3) is 0 Å². The third-order valence-corrected chi connectivity index (χ3v) is 4.18. The van der Waals surface area contributed by atoms with Gasteiger partial charge in [0.1, 0.15) is 0 Å². The molecule has 0 aliphatic rings. The zero-order chi connectivity index (χ0) is 15.1. The maximum absolute atomic E-state index is 5.86. The number of nitrogens with one attached hydrogen (secondary N) is 1. The first-order chi connectivity index (χ1) is 10.2. The van der Waals surface area contributed by atoms with Gasteiger partial charge in [0.05, 0.1) is 5.75 Å². The van der Waals surface area contributed by atoms with Crippen molar-refractivity contribution in [3.63, 3.8) is 0 Å². The van der Waals surface area contributed by atoms with E-state index in [1.54, 1.807) is 11.8 Å². The van der Waals surface area contributed by atoms with Gasteiger partial charge in [-0.15, -0.1) is 11.8 Å². The van der Waals surface area contributed by atoms with Crippen LogP contribution in [0.2, 0.25) is 5.02 Å². The number of nitrogens with zero attached hydrogens (tertiary/aromatic N) is 2. The number of rotatable bonds is 8. The van der Waals surface area contributed by atoms with Crippen molar-refractivity contribution in [1.29, 1.82) is 0 Å². The molecule has 1 aromatic carbocycles. The molecule has 0 spiro atoms. The standard InChI is InChI=1S/C15H20ClN3OS/c1-3-8-17-11(2)9-15-18-14(19-20-15)10-21-13-6-4-12(16)5-7-13/h4-7,11,17H,3,8-10H2,1-2H3. The van der Waals surface area contributed by atoms with E-state index < -0.39 is 0 Å². The highest BCUT2D eigenvalue weighted by atomic mass is 35.5. The number of hydrogen-bond acceptors (Lipinski definition) is 5. The molecule has 114 valence electrons. The van der Waals surface area contributed by atoms with E-state index in [-0.39, 0.29) is 0 Å². The lowest BCUT2D eigenvalue weighted by Crippen LogP contribution is -2.28. The molecule has 21 heavy (non-hydrogen) atoms. The predicted octanol–water partition coefficient (Wildman–Crippen LogP) is 3.95. The van der Waals surface area contributed by atoms with Crippen molar-refractivity contribution in [2.24, 2.45) is 0 Å². The summed E-state index contributed by atoms with van der Waals surface area (Å²) in [5, 5.41) is 8.17. The van der Waals surface area contributed by atoms with E-state index in [9.17, 15) is 0 Å². The molecule has 2 rings (SSSR count). The normalized spacial score (nSPS) is 12.5. The Balaban J connectivity index is 1.81. The first-order valence-corrected chi connectivity index (χ1v) is 8.47. The summed E-state index contributed by atoms with van der Waals surface area (Å²) in [4.78, 5) is 5.57. The average Bonchev–Trinajstić information content (AvgIpc) is 2.92. The van der Waals surface area contributed by atoms with Gasteiger partial charge in [-0.25, -0.2) is 0 Å². The summed E-state index contributed by atoms with van der Waals surface area (Å²) in [5.74, 6) is 2.12.